The van der Waals surface area contributed by atoms with Gasteiger partial charge in [0.05, 0.1) is 31.8 Å². The molecule has 1 unspecified atom stereocenters. The molecule has 0 aliphatic carbocycles. The van der Waals surface area contributed by atoms with Crippen LogP contribution in [-0.4, -0.2) is 55.5 Å². The summed E-state index contributed by atoms with van der Waals surface area (Å²) in [4.78, 5) is 23.6. The molecule has 0 N–H and O–H groups in total. The van der Waals surface area contributed by atoms with Gasteiger partial charge in [0.2, 0.25) is 0 Å². The second-order valence-corrected chi connectivity index (χ2v) is 6.18. The van der Waals surface area contributed by atoms with Gasteiger partial charge in [-0.1, -0.05) is 0 Å². The van der Waals surface area contributed by atoms with E-state index in [1.54, 1.807) is 41.2 Å². The Balaban J connectivity index is 1.71. The van der Waals surface area contributed by atoms with E-state index in [0.29, 0.717) is 30.8 Å². The zero-order valence-electron chi connectivity index (χ0n) is 14.1. The standard InChI is InChI=1S/C17H20N6O2/c1-21-10-14-16(20-21)17(24)23(12-19-14)11-15(13-2-4-18-5-3-13)22-6-8-25-9-7-22/h2-5,10,12,15H,6-9,11H2,1H3. The number of pyridine rings is 1. The van der Waals surface area contributed by atoms with Gasteiger partial charge < -0.3 is 4.74 Å². The Bertz CT molecular complexity index is 914. The number of aromatic nitrogens is 5. The van der Waals surface area contributed by atoms with Crippen molar-refractivity contribution < 1.29 is 4.74 Å². The quantitative estimate of drug-likeness (QED) is 0.692. The normalized spacial score (nSPS) is 17.0. The van der Waals surface area contributed by atoms with Crippen LogP contribution in [0.2, 0.25) is 0 Å². The monoisotopic (exact) mass is 340 g/mol. The SMILES string of the molecule is Cn1cc2ncn(CC(c3ccncc3)N3CCOCC3)c(=O)c2n1. The first-order valence-electron chi connectivity index (χ1n) is 8.33. The van der Waals surface area contributed by atoms with Crippen LogP contribution >= 0.6 is 0 Å². The number of hydrogen-bond acceptors (Lipinski definition) is 6. The van der Waals surface area contributed by atoms with Crippen LogP contribution < -0.4 is 5.56 Å². The van der Waals surface area contributed by atoms with Gasteiger partial charge in [0.1, 0.15) is 5.52 Å². The average molecular weight is 340 g/mol. The molecule has 1 saturated heterocycles. The van der Waals surface area contributed by atoms with Crippen LogP contribution in [0.25, 0.3) is 11.0 Å². The molecule has 1 aliphatic heterocycles. The van der Waals surface area contributed by atoms with Crippen molar-refractivity contribution in [2.45, 2.75) is 12.6 Å². The van der Waals surface area contributed by atoms with Gasteiger partial charge in [0.25, 0.3) is 5.56 Å². The molecule has 0 spiro atoms. The fraction of sp³-hybridized carbons (Fsp3) is 0.412. The Morgan fingerprint density at radius 3 is 2.76 bits per heavy atom. The number of rotatable bonds is 4. The minimum absolute atomic E-state index is 0.0626. The third-order valence-electron chi connectivity index (χ3n) is 4.56. The number of fused-ring (bicyclic) bond motifs is 1. The highest BCUT2D eigenvalue weighted by atomic mass is 16.5. The van der Waals surface area contributed by atoms with Crippen molar-refractivity contribution in [1.82, 2.24) is 29.2 Å². The minimum Gasteiger partial charge on any atom is -0.379 e. The van der Waals surface area contributed by atoms with Crippen LogP contribution in [0.4, 0.5) is 0 Å². The van der Waals surface area contributed by atoms with Crippen molar-refractivity contribution in [2.24, 2.45) is 7.05 Å². The summed E-state index contributed by atoms with van der Waals surface area (Å²) in [5.41, 5.74) is 2.04. The van der Waals surface area contributed by atoms with E-state index < -0.39 is 0 Å². The fourth-order valence-corrected chi connectivity index (χ4v) is 3.27. The second kappa shape index (κ2) is 6.73. The van der Waals surface area contributed by atoms with Crippen LogP contribution in [-0.2, 0) is 18.3 Å². The van der Waals surface area contributed by atoms with E-state index in [4.69, 9.17) is 4.74 Å². The molecule has 1 fully saturated rings. The average Bonchev–Trinajstić information content (AvgIpc) is 3.04. The molecule has 0 amide bonds. The first-order valence-corrected chi connectivity index (χ1v) is 8.33. The largest absolute Gasteiger partial charge is 0.379 e. The summed E-state index contributed by atoms with van der Waals surface area (Å²) in [6, 6.07) is 4.06. The summed E-state index contributed by atoms with van der Waals surface area (Å²) in [7, 11) is 1.79. The molecule has 0 bridgehead atoms. The summed E-state index contributed by atoms with van der Waals surface area (Å²) >= 11 is 0. The van der Waals surface area contributed by atoms with E-state index in [0.717, 1.165) is 18.7 Å². The van der Waals surface area contributed by atoms with Gasteiger partial charge in [-0.05, 0) is 17.7 Å². The van der Waals surface area contributed by atoms with E-state index in [9.17, 15) is 4.79 Å². The second-order valence-electron chi connectivity index (χ2n) is 6.18. The topological polar surface area (TPSA) is 78.1 Å². The molecule has 0 saturated carbocycles. The zero-order chi connectivity index (χ0) is 17.2. The molecule has 4 rings (SSSR count). The Labute approximate surface area is 144 Å². The van der Waals surface area contributed by atoms with Gasteiger partial charge in [-0.15, -0.1) is 0 Å². The van der Waals surface area contributed by atoms with Crippen molar-refractivity contribution in [3.05, 3.63) is 53.0 Å². The molecule has 0 aromatic carbocycles. The van der Waals surface area contributed by atoms with Crippen molar-refractivity contribution in [3.8, 4) is 0 Å². The van der Waals surface area contributed by atoms with Gasteiger partial charge in [-0.2, -0.15) is 5.10 Å². The number of hydrogen-bond donors (Lipinski definition) is 0. The highest BCUT2D eigenvalue weighted by Crippen LogP contribution is 2.23. The maximum Gasteiger partial charge on any atom is 0.281 e. The molecule has 8 nitrogen and oxygen atoms in total. The molecule has 0 radical (unpaired) electrons. The van der Waals surface area contributed by atoms with Gasteiger partial charge in [-0.3, -0.25) is 23.9 Å². The Morgan fingerprint density at radius 1 is 1.24 bits per heavy atom. The van der Waals surface area contributed by atoms with Crippen molar-refractivity contribution in [1.29, 1.82) is 0 Å². The highest BCUT2D eigenvalue weighted by molar-refractivity contribution is 5.71. The van der Waals surface area contributed by atoms with E-state index in [1.165, 1.54) is 0 Å². The molecule has 1 atom stereocenters. The molecule has 4 heterocycles. The van der Waals surface area contributed by atoms with Gasteiger partial charge in [0, 0.05) is 39.1 Å². The Morgan fingerprint density at radius 2 is 2.00 bits per heavy atom. The smallest absolute Gasteiger partial charge is 0.281 e. The van der Waals surface area contributed by atoms with E-state index in [-0.39, 0.29) is 11.6 Å². The van der Waals surface area contributed by atoms with Crippen molar-refractivity contribution in [2.75, 3.05) is 26.3 Å². The molecule has 130 valence electrons. The molecule has 1 aliphatic rings. The maximum atomic E-state index is 12.8. The molecule has 3 aromatic rings. The van der Waals surface area contributed by atoms with Crippen LogP contribution in [0.3, 0.4) is 0 Å². The van der Waals surface area contributed by atoms with Crippen LogP contribution in [0.1, 0.15) is 11.6 Å². The van der Waals surface area contributed by atoms with Gasteiger partial charge in [0.15, 0.2) is 5.52 Å². The van der Waals surface area contributed by atoms with Crippen LogP contribution in [0.5, 0.6) is 0 Å². The molecule has 25 heavy (non-hydrogen) atoms. The predicted molar refractivity (Wildman–Crippen MR) is 92.1 cm³/mol. The minimum atomic E-state index is -0.113. The van der Waals surface area contributed by atoms with Gasteiger partial charge >= 0.3 is 0 Å². The summed E-state index contributed by atoms with van der Waals surface area (Å²) in [5, 5.41) is 4.24. The number of aryl methyl sites for hydroxylation is 1. The first-order chi connectivity index (χ1) is 12.2. The Hall–Kier alpha value is -2.58. The fourth-order valence-electron chi connectivity index (χ4n) is 3.27. The number of morpholine rings is 1. The lowest BCUT2D eigenvalue weighted by Crippen LogP contribution is -2.41. The summed E-state index contributed by atoms with van der Waals surface area (Å²) in [6.07, 6.45) is 6.93. The van der Waals surface area contributed by atoms with Crippen molar-refractivity contribution >= 4 is 11.0 Å². The van der Waals surface area contributed by atoms with Crippen LogP contribution in [0, 0.1) is 0 Å². The summed E-state index contributed by atoms with van der Waals surface area (Å²) in [5.74, 6) is 0. The Kier molecular flexibility index (Phi) is 4.29. The number of nitrogens with zero attached hydrogens (tertiary/aromatic N) is 6. The van der Waals surface area contributed by atoms with Crippen molar-refractivity contribution in [3.63, 3.8) is 0 Å². The number of ether oxygens (including phenoxy) is 1. The third kappa shape index (κ3) is 3.18. The lowest BCUT2D eigenvalue weighted by molar-refractivity contribution is 0.0120. The lowest BCUT2D eigenvalue weighted by Gasteiger charge is -2.35. The van der Waals surface area contributed by atoms with E-state index >= 15 is 0 Å². The summed E-state index contributed by atoms with van der Waals surface area (Å²) < 4.78 is 8.74. The van der Waals surface area contributed by atoms with Gasteiger partial charge in [-0.25, -0.2) is 4.98 Å². The molecule has 3 aromatic heterocycles. The zero-order valence-corrected chi connectivity index (χ0v) is 14.1. The molecule has 8 heteroatoms. The predicted octanol–water partition coefficient (Wildman–Crippen LogP) is 0.599. The first kappa shape index (κ1) is 15.9. The molecular formula is C17H20N6O2. The maximum absolute atomic E-state index is 12.8. The molecular weight excluding hydrogens is 320 g/mol. The highest BCUT2D eigenvalue weighted by Gasteiger charge is 2.24. The lowest BCUT2D eigenvalue weighted by atomic mass is 10.1. The van der Waals surface area contributed by atoms with E-state index in [2.05, 4.69) is 20.0 Å². The van der Waals surface area contributed by atoms with E-state index in [1.807, 2.05) is 12.1 Å². The third-order valence-corrected chi connectivity index (χ3v) is 4.56. The summed E-state index contributed by atoms with van der Waals surface area (Å²) in [6.45, 7) is 3.59. The van der Waals surface area contributed by atoms with Crippen LogP contribution in [0.15, 0.2) is 41.8 Å².